The number of nitrogen functional groups attached to an aromatic ring is 1. The lowest BCUT2D eigenvalue weighted by atomic mass is 10.0. The third-order valence-corrected chi connectivity index (χ3v) is 3.16. The van der Waals surface area contributed by atoms with Gasteiger partial charge in [-0.2, -0.15) is 0 Å². The zero-order chi connectivity index (χ0) is 14.7. The summed E-state index contributed by atoms with van der Waals surface area (Å²) in [5.41, 5.74) is 6.27. The Labute approximate surface area is 114 Å². The van der Waals surface area contributed by atoms with Gasteiger partial charge in [0.1, 0.15) is 11.6 Å². The van der Waals surface area contributed by atoms with Crippen LogP contribution in [-0.4, -0.2) is 48.2 Å². The van der Waals surface area contributed by atoms with Crippen molar-refractivity contribution in [2.45, 2.75) is 26.8 Å². The molecule has 0 aliphatic carbocycles. The molecule has 0 spiro atoms. The maximum atomic E-state index is 11.6. The summed E-state index contributed by atoms with van der Waals surface area (Å²) in [7, 11) is 5.36. The summed E-state index contributed by atoms with van der Waals surface area (Å²) in [4.78, 5) is 18.0. The van der Waals surface area contributed by atoms with Crippen LogP contribution in [0.25, 0.3) is 0 Å². The van der Waals surface area contributed by atoms with E-state index in [-0.39, 0.29) is 11.7 Å². The molecule has 1 unspecified atom stereocenters. The van der Waals surface area contributed by atoms with E-state index in [9.17, 15) is 4.79 Å². The Bertz CT molecular complexity index is 452. The number of imidazole rings is 1. The minimum Gasteiger partial charge on any atom is -0.464 e. The summed E-state index contributed by atoms with van der Waals surface area (Å²) >= 11 is 0. The number of carbonyl (C=O) groups is 1. The summed E-state index contributed by atoms with van der Waals surface area (Å²) in [6.07, 6.45) is 0. The Hall–Kier alpha value is -1.56. The Morgan fingerprint density at radius 1 is 1.47 bits per heavy atom. The van der Waals surface area contributed by atoms with Crippen LogP contribution < -0.4 is 5.73 Å². The molecule has 0 aliphatic heterocycles. The zero-order valence-electron chi connectivity index (χ0n) is 12.6. The first-order valence-corrected chi connectivity index (χ1v) is 6.36. The molecule has 1 rings (SSSR count). The molecule has 0 saturated carbocycles. The number of likely N-dealkylation sites (N-methyl/N-ethyl adjacent to an activating group) is 1. The molecule has 1 atom stereocenters. The number of carbonyl (C=O) groups excluding carboxylic acids is 1. The van der Waals surface area contributed by atoms with Gasteiger partial charge >= 0.3 is 5.97 Å². The molecule has 1 heterocycles. The number of ether oxygens (including phenoxy) is 1. The second-order valence-electron chi connectivity index (χ2n) is 5.33. The molecular formula is C13H24N4O2. The zero-order valence-corrected chi connectivity index (χ0v) is 12.6. The van der Waals surface area contributed by atoms with Gasteiger partial charge in [0.2, 0.25) is 0 Å². The van der Waals surface area contributed by atoms with Crippen molar-refractivity contribution in [2.24, 2.45) is 5.92 Å². The number of hydrogen-bond acceptors (Lipinski definition) is 5. The van der Waals surface area contributed by atoms with E-state index >= 15 is 0 Å². The van der Waals surface area contributed by atoms with Gasteiger partial charge in [-0.05, 0) is 26.9 Å². The minimum absolute atomic E-state index is 0.168. The molecule has 108 valence electrons. The van der Waals surface area contributed by atoms with Crippen LogP contribution in [0, 0.1) is 12.8 Å². The number of nitrogens with two attached hydrogens (primary N) is 1. The summed E-state index contributed by atoms with van der Waals surface area (Å²) in [6.45, 7) is 6.95. The van der Waals surface area contributed by atoms with Crippen molar-refractivity contribution in [3.05, 3.63) is 11.5 Å². The number of rotatable bonds is 5. The first-order chi connectivity index (χ1) is 8.79. The van der Waals surface area contributed by atoms with Gasteiger partial charge in [0.15, 0.2) is 5.69 Å². The molecule has 6 heteroatoms. The van der Waals surface area contributed by atoms with Crippen LogP contribution in [-0.2, 0) is 4.74 Å². The van der Waals surface area contributed by atoms with Crippen molar-refractivity contribution in [1.82, 2.24) is 14.5 Å². The molecule has 0 aromatic carbocycles. The predicted molar refractivity (Wildman–Crippen MR) is 75.1 cm³/mol. The molecule has 2 N–H and O–H groups in total. The van der Waals surface area contributed by atoms with Crippen molar-refractivity contribution in [2.75, 3.05) is 33.5 Å². The molecule has 1 aromatic heterocycles. The maximum Gasteiger partial charge on any atom is 0.360 e. The fraction of sp³-hybridized carbons (Fsp3) is 0.692. The second-order valence-corrected chi connectivity index (χ2v) is 5.33. The predicted octanol–water partition coefficient (Wildman–Crippen LogP) is 1.32. The third kappa shape index (κ3) is 3.26. The van der Waals surface area contributed by atoms with E-state index in [2.05, 4.69) is 23.7 Å². The number of aromatic nitrogens is 2. The molecule has 0 saturated heterocycles. The number of aryl methyl sites for hydroxylation is 1. The fourth-order valence-electron chi connectivity index (χ4n) is 2.19. The SMILES string of the molecule is COC(=O)c1nc(C)n(C(CN(C)C)C(C)C)c1N. The van der Waals surface area contributed by atoms with Gasteiger partial charge in [-0.3, -0.25) is 0 Å². The number of methoxy groups -OCH3 is 1. The monoisotopic (exact) mass is 268 g/mol. The fourth-order valence-corrected chi connectivity index (χ4v) is 2.19. The topological polar surface area (TPSA) is 73.4 Å². The van der Waals surface area contributed by atoms with Crippen molar-refractivity contribution in [1.29, 1.82) is 0 Å². The highest BCUT2D eigenvalue weighted by atomic mass is 16.5. The first-order valence-electron chi connectivity index (χ1n) is 6.36. The van der Waals surface area contributed by atoms with Gasteiger partial charge in [0, 0.05) is 6.54 Å². The number of hydrogen-bond donors (Lipinski definition) is 1. The van der Waals surface area contributed by atoms with Crippen LogP contribution in [0.1, 0.15) is 36.2 Å². The lowest BCUT2D eigenvalue weighted by molar-refractivity contribution is 0.0595. The van der Waals surface area contributed by atoms with E-state index in [1.807, 2.05) is 25.6 Å². The van der Waals surface area contributed by atoms with Gasteiger partial charge in [-0.1, -0.05) is 13.8 Å². The maximum absolute atomic E-state index is 11.6. The van der Waals surface area contributed by atoms with Crippen LogP contribution in [0.15, 0.2) is 0 Å². The highest BCUT2D eigenvalue weighted by Gasteiger charge is 2.26. The summed E-state index contributed by atoms with van der Waals surface area (Å²) in [5.74, 6) is 0.998. The highest BCUT2D eigenvalue weighted by molar-refractivity contribution is 5.92. The molecule has 0 aliphatic rings. The number of anilines is 1. The molecule has 1 aromatic rings. The van der Waals surface area contributed by atoms with E-state index in [0.717, 1.165) is 12.4 Å². The molecule has 0 radical (unpaired) electrons. The second kappa shape index (κ2) is 6.06. The van der Waals surface area contributed by atoms with Crippen LogP contribution in [0.4, 0.5) is 5.82 Å². The number of nitrogens with zero attached hydrogens (tertiary/aromatic N) is 3. The van der Waals surface area contributed by atoms with E-state index in [1.54, 1.807) is 0 Å². The van der Waals surface area contributed by atoms with Gasteiger partial charge in [-0.15, -0.1) is 0 Å². The number of esters is 1. The average molecular weight is 268 g/mol. The summed E-state index contributed by atoms with van der Waals surface area (Å²) in [5, 5.41) is 0. The minimum atomic E-state index is -0.494. The summed E-state index contributed by atoms with van der Waals surface area (Å²) in [6, 6.07) is 0.168. The standard InChI is InChI=1S/C13H24N4O2/c1-8(2)10(7-16(4)5)17-9(3)15-11(12(17)14)13(18)19-6/h8,10H,7,14H2,1-6H3. The Morgan fingerprint density at radius 3 is 2.47 bits per heavy atom. The van der Waals surface area contributed by atoms with Crippen LogP contribution in [0.2, 0.25) is 0 Å². The smallest absolute Gasteiger partial charge is 0.360 e. The lowest BCUT2D eigenvalue weighted by Gasteiger charge is -2.27. The normalized spacial score (nSPS) is 13.1. The van der Waals surface area contributed by atoms with E-state index in [4.69, 9.17) is 10.5 Å². The molecular weight excluding hydrogens is 244 g/mol. The quantitative estimate of drug-likeness (QED) is 0.815. The van der Waals surface area contributed by atoms with Crippen LogP contribution in [0.5, 0.6) is 0 Å². The van der Waals surface area contributed by atoms with Gasteiger partial charge < -0.3 is 19.9 Å². The Morgan fingerprint density at radius 2 is 2.05 bits per heavy atom. The van der Waals surface area contributed by atoms with Crippen molar-refractivity contribution < 1.29 is 9.53 Å². The van der Waals surface area contributed by atoms with Gasteiger partial charge in [-0.25, -0.2) is 9.78 Å². The average Bonchev–Trinajstić information content (AvgIpc) is 2.61. The third-order valence-electron chi connectivity index (χ3n) is 3.16. The largest absolute Gasteiger partial charge is 0.464 e. The Kier molecular flexibility index (Phi) is 4.94. The first kappa shape index (κ1) is 15.5. The molecule has 0 bridgehead atoms. The highest BCUT2D eigenvalue weighted by Crippen LogP contribution is 2.26. The van der Waals surface area contributed by atoms with E-state index in [1.165, 1.54) is 7.11 Å². The molecule has 0 fully saturated rings. The van der Waals surface area contributed by atoms with Crippen molar-refractivity contribution >= 4 is 11.8 Å². The van der Waals surface area contributed by atoms with E-state index in [0.29, 0.717) is 11.7 Å². The van der Waals surface area contributed by atoms with E-state index < -0.39 is 5.97 Å². The Balaban J connectivity index is 3.24. The molecule has 0 amide bonds. The van der Waals surface area contributed by atoms with Crippen molar-refractivity contribution in [3.63, 3.8) is 0 Å². The summed E-state index contributed by atoms with van der Waals surface area (Å²) < 4.78 is 6.63. The van der Waals surface area contributed by atoms with Gasteiger partial charge in [0.05, 0.1) is 13.2 Å². The van der Waals surface area contributed by atoms with Crippen LogP contribution >= 0.6 is 0 Å². The van der Waals surface area contributed by atoms with Gasteiger partial charge in [0.25, 0.3) is 0 Å². The lowest BCUT2D eigenvalue weighted by Crippen LogP contribution is -2.29. The molecule has 19 heavy (non-hydrogen) atoms. The van der Waals surface area contributed by atoms with Crippen molar-refractivity contribution in [3.8, 4) is 0 Å². The van der Waals surface area contributed by atoms with Crippen LogP contribution in [0.3, 0.4) is 0 Å². The molecule has 6 nitrogen and oxygen atoms in total.